The Kier molecular flexibility index (Phi) is 5.68. The zero-order valence-electron chi connectivity index (χ0n) is 17.9. The van der Waals surface area contributed by atoms with Crippen LogP contribution in [0.15, 0.2) is 39.5 Å². The molecule has 1 aromatic heterocycles. The first-order valence-electron chi connectivity index (χ1n) is 10.2. The molecule has 0 N–H and O–H groups in total. The van der Waals surface area contributed by atoms with Gasteiger partial charge in [0.15, 0.2) is 0 Å². The van der Waals surface area contributed by atoms with Crippen LogP contribution in [0.4, 0.5) is 0 Å². The summed E-state index contributed by atoms with van der Waals surface area (Å²) < 4.78 is 22.5. The van der Waals surface area contributed by atoms with Gasteiger partial charge in [0.2, 0.25) is 0 Å². The van der Waals surface area contributed by atoms with Crippen LogP contribution in [0.3, 0.4) is 0 Å². The highest BCUT2D eigenvalue weighted by atomic mass is 16.5. The predicted molar refractivity (Wildman–Crippen MR) is 116 cm³/mol. The maximum atomic E-state index is 12.0. The van der Waals surface area contributed by atoms with Crippen molar-refractivity contribution in [3.63, 3.8) is 0 Å². The van der Waals surface area contributed by atoms with E-state index in [2.05, 4.69) is 17.9 Å². The molecule has 2 heterocycles. The van der Waals surface area contributed by atoms with Gasteiger partial charge in [-0.05, 0) is 31.0 Å². The molecular formula is C24H27NO5. The Morgan fingerprint density at radius 1 is 1.10 bits per heavy atom. The van der Waals surface area contributed by atoms with Gasteiger partial charge in [-0.1, -0.05) is 19.4 Å². The van der Waals surface area contributed by atoms with Crippen LogP contribution in [0, 0.1) is 6.92 Å². The van der Waals surface area contributed by atoms with Crippen LogP contribution in [-0.2, 0) is 19.5 Å². The van der Waals surface area contributed by atoms with Crippen LogP contribution < -0.4 is 19.8 Å². The second-order valence-electron chi connectivity index (χ2n) is 7.65. The number of aryl methyl sites for hydroxylation is 2. The first-order chi connectivity index (χ1) is 14.5. The fraction of sp³-hybridized carbons (Fsp3) is 0.375. The molecule has 3 aromatic rings. The average molecular weight is 409 g/mol. The summed E-state index contributed by atoms with van der Waals surface area (Å²) in [7, 11) is 3.31. The van der Waals surface area contributed by atoms with E-state index in [1.54, 1.807) is 20.3 Å². The lowest BCUT2D eigenvalue weighted by Crippen LogP contribution is -2.32. The van der Waals surface area contributed by atoms with Gasteiger partial charge < -0.3 is 18.6 Å². The molecule has 1 aliphatic rings. The van der Waals surface area contributed by atoms with Crippen LogP contribution in [0.1, 0.15) is 35.6 Å². The summed E-state index contributed by atoms with van der Waals surface area (Å²) in [6, 6.07) is 9.58. The van der Waals surface area contributed by atoms with E-state index in [-0.39, 0.29) is 5.63 Å². The quantitative estimate of drug-likeness (QED) is 0.562. The van der Waals surface area contributed by atoms with Crippen LogP contribution >= 0.6 is 0 Å². The van der Waals surface area contributed by atoms with E-state index in [4.69, 9.17) is 18.6 Å². The molecule has 6 nitrogen and oxygen atoms in total. The summed E-state index contributed by atoms with van der Waals surface area (Å²) in [5.74, 6) is 2.38. The summed E-state index contributed by atoms with van der Waals surface area (Å²) in [5, 5.41) is 1.00. The van der Waals surface area contributed by atoms with E-state index in [9.17, 15) is 4.79 Å². The summed E-state index contributed by atoms with van der Waals surface area (Å²) in [6.45, 7) is 5.95. The van der Waals surface area contributed by atoms with E-state index in [0.717, 1.165) is 64.3 Å². The van der Waals surface area contributed by atoms with E-state index < -0.39 is 0 Å². The van der Waals surface area contributed by atoms with Crippen molar-refractivity contribution in [1.29, 1.82) is 0 Å². The van der Waals surface area contributed by atoms with Gasteiger partial charge in [0.1, 0.15) is 29.6 Å². The van der Waals surface area contributed by atoms with Crippen molar-refractivity contribution in [2.75, 3.05) is 21.0 Å². The van der Waals surface area contributed by atoms with Crippen molar-refractivity contribution in [2.45, 2.75) is 39.8 Å². The normalized spacial score (nSPS) is 13.7. The standard InChI is InChI=1S/C24H27NO5/c1-5-6-16-10-22(26)30-24-15(2)23-18(9-20(16)24)13-25(14-29-23)12-17-7-8-19(27-3)11-21(17)28-4/h7-11H,5-6,12-14H2,1-4H3. The second kappa shape index (κ2) is 8.40. The number of ether oxygens (including phenoxy) is 3. The maximum Gasteiger partial charge on any atom is 0.336 e. The minimum Gasteiger partial charge on any atom is -0.497 e. The topological polar surface area (TPSA) is 61.1 Å². The summed E-state index contributed by atoms with van der Waals surface area (Å²) in [5.41, 5.74) is 4.42. The predicted octanol–water partition coefficient (Wildman–Crippen LogP) is 4.42. The molecule has 0 radical (unpaired) electrons. The minimum atomic E-state index is -0.307. The molecule has 0 saturated heterocycles. The van der Waals surface area contributed by atoms with Crippen LogP contribution in [0.25, 0.3) is 11.0 Å². The fourth-order valence-electron chi connectivity index (χ4n) is 4.13. The third-order valence-corrected chi connectivity index (χ3v) is 5.57. The Balaban J connectivity index is 1.67. The zero-order chi connectivity index (χ0) is 21.3. The van der Waals surface area contributed by atoms with Crippen LogP contribution in [0.2, 0.25) is 0 Å². The lowest BCUT2D eigenvalue weighted by atomic mass is 9.98. The lowest BCUT2D eigenvalue weighted by molar-refractivity contribution is 0.0873. The molecule has 30 heavy (non-hydrogen) atoms. The third-order valence-electron chi connectivity index (χ3n) is 5.57. The second-order valence-corrected chi connectivity index (χ2v) is 7.65. The Hall–Kier alpha value is -2.99. The molecule has 0 aliphatic carbocycles. The Morgan fingerprint density at radius 2 is 1.93 bits per heavy atom. The molecule has 4 rings (SSSR count). The van der Waals surface area contributed by atoms with Crippen molar-refractivity contribution in [2.24, 2.45) is 0 Å². The molecular weight excluding hydrogens is 382 g/mol. The van der Waals surface area contributed by atoms with Crippen molar-refractivity contribution in [3.05, 3.63) is 63.0 Å². The zero-order valence-corrected chi connectivity index (χ0v) is 17.9. The van der Waals surface area contributed by atoms with Gasteiger partial charge in [-0.25, -0.2) is 4.79 Å². The van der Waals surface area contributed by atoms with Gasteiger partial charge in [0.25, 0.3) is 0 Å². The van der Waals surface area contributed by atoms with E-state index in [1.165, 1.54) is 0 Å². The Bertz CT molecular complexity index is 1130. The largest absolute Gasteiger partial charge is 0.497 e. The van der Waals surface area contributed by atoms with Gasteiger partial charge in [0.05, 0.1) is 14.2 Å². The van der Waals surface area contributed by atoms with Gasteiger partial charge in [0, 0.05) is 47.3 Å². The molecule has 0 unspecified atom stereocenters. The SMILES string of the molecule is CCCc1cc(=O)oc2c(C)c3c(cc12)CN(Cc1ccc(OC)cc1OC)CO3. The lowest BCUT2D eigenvalue weighted by Gasteiger charge is -2.30. The third kappa shape index (κ3) is 3.75. The van der Waals surface area contributed by atoms with E-state index in [0.29, 0.717) is 18.9 Å². The highest BCUT2D eigenvalue weighted by Crippen LogP contribution is 2.37. The molecule has 0 spiro atoms. The van der Waals surface area contributed by atoms with Gasteiger partial charge in [-0.2, -0.15) is 0 Å². The average Bonchev–Trinajstić information content (AvgIpc) is 2.75. The first kappa shape index (κ1) is 20.3. The van der Waals surface area contributed by atoms with Gasteiger partial charge in [-0.15, -0.1) is 0 Å². The highest BCUT2D eigenvalue weighted by molar-refractivity contribution is 5.86. The number of benzene rings is 2. The fourth-order valence-corrected chi connectivity index (χ4v) is 4.13. The molecule has 0 amide bonds. The molecule has 6 heteroatoms. The smallest absolute Gasteiger partial charge is 0.336 e. The van der Waals surface area contributed by atoms with E-state index in [1.807, 2.05) is 25.1 Å². The molecule has 0 fully saturated rings. The number of methoxy groups -OCH3 is 2. The number of nitrogens with zero attached hydrogens (tertiary/aromatic N) is 1. The first-order valence-corrected chi connectivity index (χ1v) is 10.2. The number of hydrogen-bond donors (Lipinski definition) is 0. The molecule has 0 saturated carbocycles. The van der Waals surface area contributed by atoms with Crippen LogP contribution in [-0.4, -0.2) is 25.9 Å². The van der Waals surface area contributed by atoms with Crippen molar-refractivity contribution in [3.8, 4) is 17.2 Å². The minimum absolute atomic E-state index is 0.307. The number of fused-ring (bicyclic) bond motifs is 2. The Morgan fingerprint density at radius 3 is 2.67 bits per heavy atom. The highest BCUT2D eigenvalue weighted by Gasteiger charge is 2.24. The summed E-state index contributed by atoms with van der Waals surface area (Å²) in [4.78, 5) is 14.2. The number of hydrogen-bond acceptors (Lipinski definition) is 6. The molecule has 0 atom stereocenters. The molecule has 158 valence electrons. The number of rotatable bonds is 6. The monoisotopic (exact) mass is 409 g/mol. The van der Waals surface area contributed by atoms with Crippen molar-refractivity contribution >= 4 is 11.0 Å². The molecule has 2 aromatic carbocycles. The van der Waals surface area contributed by atoms with Crippen molar-refractivity contribution in [1.82, 2.24) is 4.90 Å². The maximum absolute atomic E-state index is 12.0. The van der Waals surface area contributed by atoms with Gasteiger partial charge >= 0.3 is 5.63 Å². The molecule has 0 bridgehead atoms. The van der Waals surface area contributed by atoms with Crippen molar-refractivity contribution < 1.29 is 18.6 Å². The summed E-state index contributed by atoms with van der Waals surface area (Å²) in [6.07, 6.45) is 1.81. The summed E-state index contributed by atoms with van der Waals surface area (Å²) >= 11 is 0. The van der Waals surface area contributed by atoms with Crippen LogP contribution in [0.5, 0.6) is 17.2 Å². The molecule has 1 aliphatic heterocycles. The van der Waals surface area contributed by atoms with E-state index >= 15 is 0 Å². The van der Waals surface area contributed by atoms with Gasteiger partial charge in [-0.3, -0.25) is 4.90 Å². The Labute approximate surface area is 176 Å².